The first kappa shape index (κ1) is 12.3. The summed E-state index contributed by atoms with van der Waals surface area (Å²) in [6.45, 7) is 2.02. The van der Waals surface area contributed by atoms with E-state index < -0.39 is 0 Å². The van der Waals surface area contributed by atoms with E-state index in [1.54, 1.807) is 0 Å². The third kappa shape index (κ3) is 2.77. The summed E-state index contributed by atoms with van der Waals surface area (Å²) < 4.78 is 0. The van der Waals surface area contributed by atoms with Gasteiger partial charge >= 0.3 is 0 Å². The number of fused-ring (bicyclic) bond motifs is 1. The Hall–Kier alpha value is -1.11. The van der Waals surface area contributed by atoms with Crippen molar-refractivity contribution < 1.29 is 5.53 Å². The van der Waals surface area contributed by atoms with E-state index in [1.165, 1.54) is 5.56 Å². The summed E-state index contributed by atoms with van der Waals surface area (Å²) in [5.41, 5.74) is 21.0. The highest BCUT2D eigenvalue weighted by molar-refractivity contribution is 7.98. The summed E-state index contributed by atoms with van der Waals surface area (Å²) in [6.07, 6.45) is 0. The normalized spacial score (nSPS) is 15.6. The number of anilines is 3. The molecule has 0 bridgehead atoms. The van der Waals surface area contributed by atoms with Gasteiger partial charge in [-0.1, -0.05) is 0 Å². The second kappa shape index (κ2) is 5.03. The average Bonchev–Trinajstić information content (AvgIpc) is 2.61. The van der Waals surface area contributed by atoms with Gasteiger partial charge in [-0.05, 0) is 24.6 Å². The van der Waals surface area contributed by atoms with Crippen LogP contribution < -0.4 is 27.4 Å². The fourth-order valence-electron chi connectivity index (χ4n) is 1.82. The van der Waals surface area contributed by atoms with E-state index in [-0.39, 0.29) is 6.04 Å². The highest BCUT2D eigenvalue weighted by Gasteiger charge is 2.21. The Bertz CT molecular complexity index is 407. The van der Waals surface area contributed by atoms with Crippen molar-refractivity contribution in [3.05, 3.63) is 17.7 Å². The van der Waals surface area contributed by atoms with Crippen molar-refractivity contribution in [2.75, 3.05) is 29.0 Å². The Morgan fingerprint density at radius 3 is 3.00 bits per heavy atom. The van der Waals surface area contributed by atoms with Crippen molar-refractivity contribution in [3.63, 3.8) is 0 Å². The molecule has 1 heterocycles. The van der Waals surface area contributed by atoms with Crippen molar-refractivity contribution in [1.29, 1.82) is 0 Å². The van der Waals surface area contributed by atoms with Gasteiger partial charge < -0.3 is 11.5 Å². The van der Waals surface area contributed by atoms with Gasteiger partial charge in [-0.2, -0.15) is 11.8 Å². The fourth-order valence-corrected chi connectivity index (χ4v) is 2.71. The first-order valence-electron chi connectivity index (χ1n) is 5.66. The van der Waals surface area contributed by atoms with Gasteiger partial charge in [0.05, 0.1) is 12.7 Å². The summed E-state index contributed by atoms with van der Waals surface area (Å²) in [4.78, 5) is 0. The molecule has 5 nitrogen and oxygen atoms in total. The molecule has 1 aliphatic rings. The van der Waals surface area contributed by atoms with Gasteiger partial charge in [0, 0.05) is 17.5 Å². The highest BCUT2D eigenvalue weighted by atomic mass is 32.2. The Morgan fingerprint density at radius 2 is 2.29 bits per heavy atom. The Kier molecular flexibility index (Phi) is 3.66. The van der Waals surface area contributed by atoms with Crippen LogP contribution in [0, 0.1) is 0 Å². The molecule has 6 heteroatoms. The van der Waals surface area contributed by atoms with E-state index in [0.717, 1.165) is 28.6 Å². The maximum atomic E-state index is 6.02. The number of nitrogen functional groups attached to an aromatic ring is 2. The molecular weight excluding hydrogens is 234 g/mol. The number of nitrogens with two attached hydrogens (primary N) is 3. The molecular formula is C11H20N5S+. The van der Waals surface area contributed by atoms with Crippen LogP contribution in [0.25, 0.3) is 0 Å². The monoisotopic (exact) mass is 254 g/mol. The van der Waals surface area contributed by atoms with Gasteiger partial charge in [0.25, 0.3) is 0 Å². The highest BCUT2D eigenvalue weighted by Crippen LogP contribution is 2.33. The number of quaternary nitrogens is 1. The summed E-state index contributed by atoms with van der Waals surface area (Å²) in [5, 5.41) is 2.05. The van der Waals surface area contributed by atoms with Crippen LogP contribution in [0.1, 0.15) is 12.5 Å². The van der Waals surface area contributed by atoms with Crippen LogP contribution in [-0.2, 0) is 5.75 Å². The molecule has 1 aliphatic heterocycles. The molecule has 2 rings (SSSR count). The van der Waals surface area contributed by atoms with E-state index in [4.69, 9.17) is 11.5 Å². The minimum Gasteiger partial charge on any atom is -0.397 e. The predicted molar refractivity (Wildman–Crippen MR) is 74.6 cm³/mol. The first-order valence-corrected chi connectivity index (χ1v) is 6.82. The van der Waals surface area contributed by atoms with Crippen LogP contribution in [0.15, 0.2) is 12.1 Å². The van der Waals surface area contributed by atoms with Crippen molar-refractivity contribution in [2.45, 2.75) is 18.7 Å². The van der Waals surface area contributed by atoms with Crippen molar-refractivity contribution in [1.82, 2.24) is 0 Å². The molecule has 0 saturated heterocycles. The minimum atomic E-state index is 0.240. The van der Waals surface area contributed by atoms with Crippen molar-refractivity contribution in [2.24, 2.45) is 5.73 Å². The van der Waals surface area contributed by atoms with Gasteiger partial charge in [-0.3, -0.25) is 0 Å². The molecule has 0 saturated carbocycles. The third-order valence-corrected chi connectivity index (χ3v) is 3.94. The summed E-state index contributed by atoms with van der Waals surface area (Å²) in [7, 11) is 2.01. The largest absolute Gasteiger partial charge is 0.397 e. The standard InChI is InChI=1S/C11H19N5S/c1-7(12)5-17-6-8-3-9(13)11-10(4-8)16(2)15-14-11/h3-4,7,14-15H,5-6,12-13H2,1-2H3/p+1/t7-/m1/s1. The molecule has 0 aromatic heterocycles. The SMILES string of the molecule is C[C@@H](N)CSCc1cc(N)c2c(c1)N(C)[NH2+]N2. The van der Waals surface area contributed by atoms with E-state index >= 15 is 0 Å². The molecule has 0 radical (unpaired) electrons. The molecule has 7 N–H and O–H groups in total. The molecule has 17 heavy (non-hydrogen) atoms. The van der Waals surface area contributed by atoms with Gasteiger partial charge in [-0.25, -0.2) is 10.4 Å². The molecule has 0 aliphatic carbocycles. The molecule has 0 unspecified atom stereocenters. The molecule has 1 atom stereocenters. The van der Waals surface area contributed by atoms with Crippen LogP contribution in [0.4, 0.5) is 17.1 Å². The molecule has 0 fully saturated rings. The molecule has 94 valence electrons. The predicted octanol–water partition coefficient (Wildman–Crippen LogP) is 0.104. The molecule has 0 amide bonds. The molecule has 1 aromatic carbocycles. The fraction of sp³-hybridized carbons (Fsp3) is 0.455. The quantitative estimate of drug-likeness (QED) is 0.452. The number of rotatable bonds is 4. The summed E-state index contributed by atoms with van der Waals surface area (Å²) >= 11 is 1.84. The average molecular weight is 254 g/mol. The van der Waals surface area contributed by atoms with Crippen LogP contribution in [-0.4, -0.2) is 18.8 Å². The van der Waals surface area contributed by atoms with Crippen LogP contribution in [0.3, 0.4) is 0 Å². The van der Waals surface area contributed by atoms with Gasteiger partial charge in [0.2, 0.25) is 0 Å². The number of hydrogen-bond donors (Lipinski definition) is 4. The number of nitrogens with zero attached hydrogens (tertiary/aromatic N) is 1. The maximum absolute atomic E-state index is 6.02. The van der Waals surface area contributed by atoms with Crippen LogP contribution in [0.2, 0.25) is 0 Å². The van der Waals surface area contributed by atoms with Gasteiger partial charge in [0.1, 0.15) is 11.4 Å². The minimum absolute atomic E-state index is 0.240. The Morgan fingerprint density at radius 1 is 1.53 bits per heavy atom. The van der Waals surface area contributed by atoms with E-state index in [2.05, 4.69) is 11.5 Å². The summed E-state index contributed by atoms with van der Waals surface area (Å²) in [5.74, 6) is 1.92. The van der Waals surface area contributed by atoms with Gasteiger partial charge in [-0.15, -0.1) is 5.53 Å². The zero-order chi connectivity index (χ0) is 12.4. The van der Waals surface area contributed by atoms with Crippen molar-refractivity contribution in [3.8, 4) is 0 Å². The second-order valence-electron chi connectivity index (χ2n) is 4.46. The maximum Gasteiger partial charge on any atom is 0.139 e. The number of thioether (sulfide) groups is 1. The lowest BCUT2D eigenvalue weighted by Gasteiger charge is -2.09. The van der Waals surface area contributed by atoms with E-state index in [9.17, 15) is 0 Å². The van der Waals surface area contributed by atoms with Crippen LogP contribution >= 0.6 is 11.8 Å². The first-order chi connectivity index (χ1) is 8.08. The zero-order valence-electron chi connectivity index (χ0n) is 10.2. The van der Waals surface area contributed by atoms with Gasteiger partial charge in [0.15, 0.2) is 0 Å². The lowest BCUT2D eigenvalue weighted by molar-refractivity contribution is -0.628. The number of hydrogen-bond acceptors (Lipinski definition) is 5. The topological polar surface area (TPSA) is 83.9 Å². The third-order valence-electron chi connectivity index (χ3n) is 2.64. The van der Waals surface area contributed by atoms with E-state index in [0.29, 0.717) is 0 Å². The Labute approximate surface area is 106 Å². The number of nitrogens with one attached hydrogen (secondary N) is 1. The van der Waals surface area contributed by atoms with Crippen molar-refractivity contribution >= 4 is 28.8 Å². The summed E-state index contributed by atoms with van der Waals surface area (Å²) in [6, 6.07) is 4.45. The second-order valence-corrected chi connectivity index (χ2v) is 5.49. The zero-order valence-corrected chi connectivity index (χ0v) is 11.1. The van der Waals surface area contributed by atoms with Crippen LogP contribution in [0.5, 0.6) is 0 Å². The van der Waals surface area contributed by atoms with E-state index in [1.807, 2.05) is 42.3 Å². The molecule has 1 aromatic rings. The lowest BCUT2D eigenvalue weighted by atomic mass is 10.1. The number of benzene rings is 1. The molecule has 0 spiro atoms. The Balaban J connectivity index is 2.09. The smallest absolute Gasteiger partial charge is 0.139 e. The lowest BCUT2D eigenvalue weighted by Crippen LogP contribution is -2.94.